The van der Waals surface area contributed by atoms with Gasteiger partial charge >= 0.3 is 5.65 Å². The summed E-state index contributed by atoms with van der Waals surface area (Å²) in [4.78, 5) is 8.52. The highest BCUT2D eigenvalue weighted by molar-refractivity contribution is 5.77. The van der Waals surface area contributed by atoms with Gasteiger partial charge in [-0.25, -0.2) is 4.98 Å². The van der Waals surface area contributed by atoms with E-state index in [4.69, 9.17) is 4.42 Å². The lowest BCUT2D eigenvalue weighted by atomic mass is 10.2. The van der Waals surface area contributed by atoms with Crippen LogP contribution >= 0.6 is 0 Å². The third-order valence-electron chi connectivity index (χ3n) is 3.66. The first-order chi connectivity index (χ1) is 9.42. The van der Waals surface area contributed by atoms with Crippen molar-refractivity contribution in [1.82, 2.24) is 14.4 Å². The maximum absolute atomic E-state index is 5.98. The molecule has 0 saturated heterocycles. The molecular weight excluding hydrogens is 240 g/mol. The summed E-state index contributed by atoms with van der Waals surface area (Å²) in [6.45, 7) is 0.821. The van der Waals surface area contributed by atoms with Crippen LogP contribution in [0.5, 0.6) is 0 Å². The first kappa shape index (κ1) is 9.27. The number of oxazole rings is 1. The Labute approximate surface area is 107 Å². The monoisotopic (exact) mass is 249 g/mol. The third kappa shape index (κ3) is 1.03. The second-order valence-electron chi connectivity index (χ2n) is 4.71. The summed E-state index contributed by atoms with van der Waals surface area (Å²) in [5.41, 5.74) is 5.14. The van der Waals surface area contributed by atoms with Crippen LogP contribution in [0.4, 0.5) is 0 Å². The lowest BCUT2D eigenvalue weighted by Crippen LogP contribution is -2.31. The summed E-state index contributed by atoms with van der Waals surface area (Å²) < 4.78 is 10.2. The van der Waals surface area contributed by atoms with Gasteiger partial charge in [0, 0.05) is 24.2 Å². The van der Waals surface area contributed by atoms with Crippen LogP contribution in [0.15, 0.2) is 47.4 Å². The molecule has 1 aliphatic heterocycles. The Hall–Kier alpha value is -2.69. The van der Waals surface area contributed by atoms with E-state index >= 15 is 0 Å². The second-order valence-corrected chi connectivity index (χ2v) is 4.71. The van der Waals surface area contributed by atoms with Gasteiger partial charge in [0.1, 0.15) is 6.54 Å². The zero-order chi connectivity index (χ0) is 12.4. The Morgan fingerprint density at radius 1 is 1.32 bits per heavy atom. The molecule has 1 aliphatic rings. The summed E-state index contributed by atoms with van der Waals surface area (Å²) in [6.07, 6.45) is 7.48. The van der Waals surface area contributed by atoms with E-state index in [1.165, 1.54) is 5.56 Å². The standard InChI is InChI=1S/C14H9N4O/c1-3-16-12-6-11-13(17(12)5-1)18-8-9-2-4-15-7-10(9)14(18)19-11/h1-7H,8H2/q+1. The van der Waals surface area contributed by atoms with E-state index < -0.39 is 0 Å². The minimum atomic E-state index is 0.821. The van der Waals surface area contributed by atoms with Crippen molar-refractivity contribution in [3.63, 3.8) is 0 Å². The fourth-order valence-corrected chi connectivity index (χ4v) is 2.83. The lowest BCUT2D eigenvalue weighted by Gasteiger charge is -1.90. The molecule has 5 heterocycles. The van der Waals surface area contributed by atoms with Crippen LogP contribution in [0.3, 0.4) is 0 Å². The maximum Gasteiger partial charge on any atom is 0.335 e. The molecule has 0 fully saturated rings. The predicted molar refractivity (Wildman–Crippen MR) is 67.5 cm³/mol. The van der Waals surface area contributed by atoms with Crippen molar-refractivity contribution in [1.29, 1.82) is 0 Å². The molecule has 5 heteroatoms. The molecule has 0 amide bonds. The van der Waals surface area contributed by atoms with Crippen molar-refractivity contribution in [3.8, 4) is 11.5 Å². The minimum Gasteiger partial charge on any atom is -0.413 e. The molecule has 19 heavy (non-hydrogen) atoms. The molecule has 0 aliphatic carbocycles. The first-order valence-corrected chi connectivity index (χ1v) is 6.13. The van der Waals surface area contributed by atoms with Crippen LogP contribution in [0, 0.1) is 0 Å². The van der Waals surface area contributed by atoms with Crippen LogP contribution in [-0.4, -0.2) is 14.4 Å². The summed E-state index contributed by atoms with van der Waals surface area (Å²) in [5.74, 6) is 0.881. The zero-order valence-corrected chi connectivity index (χ0v) is 9.95. The van der Waals surface area contributed by atoms with Gasteiger partial charge in [-0.3, -0.25) is 4.98 Å². The Morgan fingerprint density at radius 3 is 3.32 bits per heavy atom. The van der Waals surface area contributed by atoms with Gasteiger partial charge < -0.3 is 4.42 Å². The largest absolute Gasteiger partial charge is 0.413 e. The average molecular weight is 249 g/mol. The summed E-state index contributed by atoms with van der Waals surface area (Å²) in [5, 5.41) is 0. The van der Waals surface area contributed by atoms with Crippen LogP contribution in [0.25, 0.3) is 28.3 Å². The van der Waals surface area contributed by atoms with Crippen molar-refractivity contribution in [3.05, 3.63) is 48.5 Å². The van der Waals surface area contributed by atoms with E-state index in [-0.39, 0.29) is 0 Å². The van der Waals surface area contributed by atoms with Crippen LogP contribution in [-0.2, 0) is 6.54 Å². The summed E-state index contributed by atoms with van der Waals surface area (Å²) >= 11 is 0. The molecule has 0 aromatic carbocycles. The van der Waals surface area contributed by atoms with E-state index in [0.29, 0.717) is 0 Å². The molecule has 5 rings (SSSR count). The third-order valence-corrected chi connectivity index (χ3v) is 3.66. The molecule has 0 saturated carbocycles. The number of aromatic nitrogens is 4. The van der Waals surface area contributed by atoms with Gasteiger partial charge in [0.15, 0.2) is 0 Å². The number of nitrogens with zero attached hydrogens (tertiary/aromatic N) is 4. The normalized spacial score (nSPS) is 13.1. The number of rotatable bonds is 0. The van der Waals surface area contributed by atoms with Gasteiger partial charge in [-0.1, -0.05) is 0 Å². The maximum atomic E-state index is 5.98. The summed E-state index contributed by atoms with van der Waals surface area (Å²) in [6, 6.07) is 5.93. The molecule has 0 atom stereocenters. The number of pyridine rings is 1. The fraction of sp³-hybridized carbons (Fsp3) is 0.0714. The van der Waals surface area contributed by atoms with Crippen LogP contribution in [0.1, 0.15) is 5.56 Å². The van der Waals surface area contributed by atoms with E-state index in [1.54, 1.807) is 6.20 Å². The molecule has 0 N–H and O–H groups in total. The molecule has 0 spiro atoms. The van der Waals surface area contributed by atoms with Crippen molar-refractivity contribution in [2.45, 2.75) is 6.54 Å². The van der Waals surface area contributed by atoms with Crippen molar-refractivity contribution >= 4 is 16.9 Å². The zero-order valence-electron chi connectivity index (χ0n) is 9.95. The molecule has 0 unspecified atom stereocenters. The van der Waals surface area contributed by atoms with Gasteiger partial charge in [0.2, 0.25) is 11.2 Å². The molecule has 0 bridgehead atoms. The van der Waals surface area contributed by atoms with Gasteiger partial charge in [0.25, 0.3) is 5.89 Å². The Morgan fingerprint density at radius 2 is 2.32 bits per heavy atom. The van der Waals surface area contributed by atoms with E-state index in [2.05, 4.69) is 18.9 Å². The van der Waals surface area contributed by atoms with Gasteiger partial charge in [0.05, 0.1) is 17.8 Å². The fourth-order valence-electron chi connectivity index (χ4n) is 2.83. The van der Waals surface area contributed by atoms with Gasteiger partial charge in [-0.2, -0.15) is 8.97 Å². The highest BCUT2D eigenvalue weighted by atomic mass is 16.4. The number of fused-ring (bicyclic) bond motifs is 7. The highest BCUT2D eigenvalue weighted by Gasteiger charge is 2.32. The number of hydrogen-bond donors (Lipinski definition) is 0. The molecule has 4 aromatic heterocycles. The minimum absolute atomic E-state index is 0.821. The molecule has 4 aromatic rings. The Bertz CT molecular complexity index is 951. The quantitative estimate of drug-likeness (QED) is 0.393. The van der Waals surface area contributed by atoms with Crippen molar-refractivity contribution < 1.29 is 8.98 Å². The van der Waals surface area contributed by atoms with E-state index in [1.807, 2.05) is 36.8 Å². The number of hydrogen-bond acceptors (Lipinski definition) is 3. The smallest absolute Gasteiger partial charge is 0.335 e. The van der Waals surface area contributed by atoms with E-state index in [0.717, 1.165) is 34.9 Å². The second kappa shape index (κ2) is 3.00. The lowest BCUT2D eigenvalue weighted by molar-refractivity contribution is -0.651. The van der Waals surface area contributed by atoms with E-state index in [9.17, 15) is 0 Å². The van der Waals surface area contributed by atoms with Crippen LogP contribution in [0.2, 0.25) is 0 Å². The summed E-state index contributed by atoms with van der Waals surface area (Å²) in [7, 11) is 0. The van der Waals surface area contributed by atoms with Gasteiger partial charge in [-0.05, 0) is 12.1 Å². The predicted octanol–water partition coefficient (Wildman–Crippen LogP) is 1.79. The van der Waals surface area contributed by atoms with Crippen molar-refractivity contribution in [2.75, 3.05) is 0 Å². The highest BCUT2D eigenvalue weighted by Crippen LogP contribution is 2.31. The molecule has 0 radical (unpaired) electrons. The topological polar surface area (TPSA) is 47.2 Å². The van der Waals surface area contributed by atoms with Gasteiger partial charge in [-0.15, -0.1) is 0 Å². The molecule has 5 nitrogen and oxygen atoms in total. The van der Waals surface area contributed by atoms with Crippen LogP contribution < -0.4 is 4.57 Å². The Balaban J connectivity index is 1.94. The van der Waals surface area contributed by atoms with Crippen molar-refractivity contribution in [2.24, 2.45) is 0 Å². The molecule has 90 valence electrons. The average Bonchev–Trinajstić information content (AvgIpc) is 3.05. The SMILES string of the molecule is c1cnc2cc3oc4[n+](c3n2c1)Cc1ccncc1-4. The Kier molecular flexibility index (Phi) is 1.46. The first-order valence-electron chi connectivity index (χ1n) is 6.13. The molecular formula is C14H9N4O+.